The second-order valence-corrected chi connectivity index (χ2v) is 10.6. The van der Waals surface area contributed by atoms with Crippen molar-refractivity contribution in [1.82, 2.24) is 30.3 Å². The number of likely N-dealkylation sites (N-methyl/N-ethyl adjacent to an activating group) is 2. The van der Waals surface area contributed by atoms with Gasteiger partial charge in [-0.1, -0.05) is 39.0 Å². The molecule has 42 heavy (non-hydrogen) atoms. The summed E-state index contributed by atoms with van der Waals surface area (Å²) in [6.07, 6.45) is 0. The molecule has 0 saturated heterocycles. The zero-order valence-corrected chi connectivity index (χ0v) is 24.2. The molecule has 0 saturated carbocycles. The highest BCUT2D eigenvalue weighted by molar-refractivity contribution is 6.00. The van der Waals surface area contributed by atoms with Gasteiger partial charge in [-0.25, -0.2) is 14.5 Å². The van der Waals surface area contributed by atoms with Gasteiger partial charge in [0.2, 0.25) is 11.8 Å². The summed E-state index contributed by atoms with van der Waals surface area (Å²) in [7, 11) is 2.92. The lowest BCUT2D eigenvalue weighted by Gasteiger charge is -2.21. The lowest BCUT2D eigenvalue weighted by Crippen LogP contribution is -2.44. The minimum absolute atomic E-state index is 0.270. The van der Waals surface area contributed by atoms with Crippen LogP contribution in [0.25, 0.3) is 16.6 Å². The summed E-state index contributed by atoms with van der Waals surface area (Å²) in [5, 5.41) is 16.2. The summed E-state index contributed by atoms with van der Waals surface area (Å²) in [4.78, 5) is 55.7. The number of hydrogen-bond donors (Lipinski definition) is 4. The molecule has 0 spiro atoms. The molecule has 0 fully saturated rings. The summed E-state index contributed by atoms with van der Waals surface area (Å²) < 4.78 is 1.58. The maximum absolute atomic E-state index is 13.2. The van der Waals surface area contributed by atoms with Crippen LogP contribution in [0.15, 0.2) is 66.7 Å². The Morgan fingerprint density at radius 1 is 0.833 bits per heavy atom. The molecule has 4 aromatic rings. The Morgan fingerprint density at radius 3 is 2.10 bits per heavy atom. The van der Waals surface area contributed by atoms with Crippen molar-refractivity contribution < 1.29 is 19.2 Å². The topological polar surface area (TPSA) is 150 Å². The highest BCUT2D eigenvalue weighted by Crippen LogP contribution is 2.27. The van der Waals surface area contributed by atoms with Gasteiger partial charge in [0.25, 0.3) is 5.91 Å². The number of benzene rings is 2. The quantitative estimate of drug-likeness (QED) is 0.255. The van der Waals surface area contributed by atoms with E-state index in [1.807, 2.05) is 51.1 Å². The van der Waals surface area contributed by atoms with Crippen LogP contribution >= 0.6 is 0 Å². The van der Waals surface area contributed by atoms with Gasteiger partial charge in [0, 0.05) is 36.5 Å². The Morgan fingerprint density at radius 2 is 1.48 bits per heavy atom. The maximum Gasteiger partial charge on any atom is 0.326 e. The average molecular weight is 571 g/mol. The fourth-order valence-electron chi connectivity index (χ4n) is 4.07. The van der Waals surface area contributed by atoms with Gasteiger partial charge in [0.15, 0.2) is 0 Å². The Hall–Kier alpha value is -5.26. The van der Waals surface area contributed by atoms with Crippen molar-refractivity contribution in [1.29, 1.82) is 0 Å². The Labute approximate surface area is 243 Å². The molecule has 0 aliphatic carbocycles. The number of carbonyl (C=O) groups is 4. The number of nitrogens with zero attached hydrogens (tertiary/aromatic N) is 4. The molecule has 0 unspecified atom stereocenters. The van der Waals surface area contributed by atoms with Crippen LogP contribution in [0.4, 0.5) is 16.4 Å². The van der Waals surface area contributed by atoms with Crippen LogP contribution < -0.4 is 21.3 Å². The first-order chi connectivity index (χ1) is 20.0. The molecule has 2 heterocycles. The predicted octanol–water partition coefficient (Wildman–Crippen LogP) is 3.30. The normalized spacial score (nSPS) is 11.1. The minimum atomic E-state index is -0.495. The van der Waals surface area contributed by atoms with Crippen LogP contribution in [-0.2, 0) is 15.0 Å². The van der Waals surface area contributed by atoms with Gasteiger partial charge >= 0.3 is 6.03 Å². The number of nitrogens with one attached hydrogen (secondary N) is 4. The zero-order valence-electron chi connectivity index (χ0n) is 24.2. The van der Waals surface area contributed by atoms with Gasteiger partial charge in [0.05, 0.1) is 16.9 Å². The van der Waals surface area contributed by atoms with Crippen molar-refractivity contribution >= 4 is 46.3 Å². The SMILES string of the molecule is CNC(=O)CN(CC(=O)NC)C(=O)c1ccc(-n2nc(C(C)(C)C)cc2NC(=O)Nc2ccc3ccccc3n2)cc1. The second-order valence-electron chi connectivity index (χ2n) is 10.6. The van der Waals surface area contributed by atoms with Crippen molar-refractivity contribution in [3.8, 4) is 5.69 Å². The van der Waals surface area contributed by atoms with Gasteiger partial charge in [-0.15, -0.1) is 0 Å². The van der Waals surface area contributed by atoms with E-state index in [0.717, 1.165) is 21.5 Å². The van der Waals surface area contributed by atoms with Crippen molar-refractivity contribution in [2.24, 2.45) is 0 Å². The predicted molar refractivity (Wildman–Crippen MR) is 161 cm³/mol. The third-order valence-corrected chi connectivity index (χ3v) is 6.43. The first-order valence-corrected chi connectivity index (χ1v) is 13.3. The number of hydrogen-bond acceptors (Lipinski definition) is 6. The minimum Gasteiger partial charge on any atom is -0.358 e. The number of fused-ring (bicyclic) bond motifs is 1. The monoisotopic (exact) mass is 570 g/mol. The number of pyridine rings is 1. The van der Waals surface area contributed by atoms with E-state index in [-0.39, 0.29) is 24.1 Å². The van der Waals surface area contributed by atoms with Crippen molar-refractivity contribution in [2.75, 3.05) is 37.8 Å². The number of anilines is 2. The van der Waals surface area contributed by atoms with E-state index in [1.165, 1.54) is 14.1 Å². The number of aromatic nitrogens is 3. The van der Waals surface area contributed by atoms with Crippen molar-refractivity contribution in [3.63, 3.8) is 0 Å². The van der Waals surface area contributed by atoms with Gasteiger partial charge < -0.3 is 15.5 Å². The highest BCUT2D eigenvalue weighted by atomic mass is 16.2. The molecule has 0 atom stereocenters. The fraction of sp³-hybridized carbons (Fsp3) is 0.267. The molecule has 4 N–H and O–H groups in total. The van der Waals surface area contributed by atoms with E-state index >= 15 is 0 Å². The summed E-state index contributed by atoms with van der Waals surface area (Å²) >= 11 is 0. The smallest absolute Gasteiger partial charge is 0.326 e. The molecule has 0 bridgehead atoms. The van der Waals surface area contributed by atoms with E-state index in [0.29, 0.717) is 17.3 Å². The van der Waals surface area contributed by atoms with Crippen LogP contribution in [0.3, 0.4) is 0 Å². The molecule has 12 nitrogen and oxygen atoms in total. The van der Waals surface area contributed by atoms with Crippen molar-refractivity contribution in [2.45, 2.75) is 26.2 Å². The molecule has 2 aromatic heterocycles. The lowest BCUT2D eigenvalue weighted by molar-refractivity contribution is -0.123. The van der Waals surface area contributed by atoms with E-state index in [4.69, 9.17) is 5.10 Å². The van der Waals surface area contributed by atoms with E-state index in [2.05, 4.69) is 26.3 Å². The summed E-state index contributed by atoms with van der Waals surface area (Å²) in [6, 6.07) is 19.0. The van der Waals surface area contributed by atoms with Gasteiger partial charge in [-0.05, 0) is 42.5 Å². The number of rotatable bonds is 8. The summed E-state index contributed by atoms with van der Waals surface area (Å²) in [6.45, 7) is 5.50. The molecule has 12 heteroatoms. The number of amides is 5. The second kappa shape index (κ2) is 12.5. The molecular formula is C30H34N8O4. The van der Waals surface area contributed by atoms with Crippen molar-refractivity contribution in [3.05, 3.63) is 78.0 Å². The van der Waals surface area contributed by atoms with Crippen LogP contribution in [0.1, 0.15) is 36.8 Å². The molecule has 4 rings (SSSR count). The highest BCUT2D eigenvalue weighted by Gasteiger charge is 2.23. The van der Waals surface area contributed by atoms with Crippen LogP contribution in [0, 0.1) is 0 Å². The lowest BCUT2D eigenvalue weighted by atomic mass is 9.92. The molecule has 2 aromatic carbocycles. The first-order valence-electron chi connectivity index (χ1n) is 13.3. The third kappa shape index (κ3) is 7.08. The van der Waals surface area contributed by atoms with E-state index in [1.54, 1.807) is 41.1 Å². The summed E-state index contributed by atoms with van der Waals surface area (Å²) in [5.41, 5.74) is 2.06. The van der Waals surface area contributed by atoms with Gasteiger partial charge in [-0.2, -0.15) is 5.10 Å². The molecule has 5 amide bonds. The fourth-order valence-corrected chi connectivity index (χ4v) is 4.07. The van der Waals surface area contributed by atoms with Crippen LogP contribution in [0.5, 0.6) is 0 Å². The first kappa shape index (κ1) is 29.7. The summed E-state index contributed by atoms with van der Waals surface area (Å²) in [5.74, 6) is -0.469. The average Bonchev–Trinajstić information content (AvgIpc) is 3.40. The maximum atomic E-state index is 13.2. The van der Waals surface area contributed by atoms with Gasteiger partial charge in [0.1, 0.15) is 24.7 Å². The largest absolute Gasteiger partial charge is 0.358 e. The molecule has 0 aliphatic heterocycles. The van der Waals surface area contributed by atoms with Gasteiger partial charge in [-0.3, -0.25) is 25.0 Å². The number of carbonyl (C=O) groups excluding carboxylic acids is 4. The molecule has 0 radical (unpaired) electrons. The number of para-hydroxylation sites is 1. The molecule has 218 valence electrons. The third-order valence-electron chi connectivity index (χ3n) is 6.43. The van der Waals surface area contributed by atoms with Crippen LogP contribution in [0.2, 0.25) is 0 Å². The zero-order chi connectivity index (χ0) is 30.4. The Bertz CT molecular complexity index is 1600. The molecule has 0 aliphatic rings. The standard InChI is InChI=1S/C30H34N8O4/c1-30(2,3)23-16-25(35-29(42)34-24-15-12-19-8-6-7-9-22(19)33-24)38(36-23)21-13-10-20(11-14-21)28(41)37(17-26(39)31-4)18-27(40)32-5/h6-16H,17-18H2,1-5H3,(H,31,39)(H,32,40)(H2,33,34,35,42). The van der Waals surface area contributed by atoms with E-state index < -0.39 is 23.8 Å². The Balaban J connectivity index is 1.58. The molecular weight excluding hydrogens is 536 g/mol. The van der Waals surface area contributed by atoms with Crippen LogP contribution in [-0.4, -0.2) is 70.6 Å². The number of urea groups is 1. The van der Waals surface area contributed by atoms with E-state index in [9.17, 15) is 19.2 Å². The Kier molecular flexibility index (Phi) is 8.84.